The van der Waals surface area contributed by atoms with Gasteiger partial charge in [0.2, 0.25) is 0 Å². The Morgan fingerprint density at radius 2 is 1.81 bits per heavy atom. The Kier molecular flexibility index (Phi) is 5.34. The molecule has 7 nitrogen and oxygen atoms in total. The highest BCUT2D eigenvalue weighted by molar-refractivity contribution is 5.97. The van der Waals surface area contributed by atoms with Crippen LogP contribution >= 0.6 is 0 Å². The second-order valence-corrected chi connectivity index (χ2v) is 5.41. The number of anilines is 1. The van der Waals surface area contributed by atoms with Crippen molar-refractivity contribution in [3.8, 4) is 17.6 Å². The minimum atomic E-state index is -0.653. The van der Waals surface area contributed by atoms with E-state index in [1.807, 2.05) is 6.07 Å². The summed E-state index contributed by atoms with van der Waals surface area (Å²) in [5.41, 5.74) is 0.822. The molecule has 0 aliphatic carbocycles. The van der Waals surface area contributed by atoms with Crippen LogP contribution in [0.1, 0.15) is 10.4 Å². The Hall–Kier alpha value is -3.53. The van der Waals surface area contributed by atoms with Crippen molar-refractivity contribution in [2.45, 2.75) is 0 Å². The molecule has 1 aliphatic rings. The van der Waals surface area contributed by atoms with E-state index in [9.17, 15) is 9.59 Å². The minimum absolute atomic E-state index is 0.135. The van der Waals surface area contributed by atoms with E-state index in [2.05, 4.69) is 0 Å². The minimum Gasteiger partial charge on any atom is -0.486 e. The van der Waals surface area contributed by atoms with E-state index in [1.54, 1.807) is 42.5 Å². The van der Waals surface area contributed by atoms with Gasteiger partial charge in [0.25, 0.3) is 5.91 Å². The number of benzene rings is 2. The molecule has 0 fully saturated rings. The van der Waals surface area contributed by atoms with Gasteiger partial charge in [0, 0.05) is 5.69 Å². The lowest BCUT2D eigenvalue weighted by atomic mass is 10.2. The average molecular weight is 352 g/mol. The van der Waals surface area contributed by atoms with Crippen LogP contribution in [0.15, 0.2) is 48.5 Å². The van der Waals surface area contributed by atoms with Crippen molar-refractivity contribution in [1.29, 1.82) is 5.26 Å². The smallest absolute Gasteiger partial charge is 0.338 e. The summed E-state index contributed by atoms with van der Waals surface area (Å²) in [5, 5.41) is 8.94. The third-order valence-electron chi connectivity index (χ3n) is 3.70. The van der Waals surface area contributed by atoms with Crippen LogP contribution in [0.4, 0.5) is 5.69 Å². The van der Waals surface area contributed by atoms with E-state index in [0.29, 0.717) is 30.4 Å². The number of hydrogen-bond acceptors (Lipinski definition) is 6. The Labute approximate surface area is 150 Å². The summed E-state index contributed by atoms with van der Waals surface area (Å²) in [6.07, 6.45) is 0. The predicted octanol–water partition coefficient (Wildman–Crippen LogP) is 2.17. The van der Waals surface area contributed by atoms with E-state index < -0.39 is 18.5 Å². The Morgan fingerprint density at radius 1 is 1.08 bits per heavy atom. The van der Waals surface area contributed by atoms with Gasteiger partial charge in [-0.2, -0.15) is 5.26 Å². The number of fused-ring (bicyclic) bond motifs is 1. The summed E-state index contributed by atoms with van der Waals surface area (Å²) in [7, 11) is 0. The Balaban J connectivity index is 1.64. The van der Waals surface area contributed by atoms with Gasteiger partial charge in [-0.25, -0.2) is 4.79 Å². The van der Waals surface area contributed by atoms with Gasteiger partial charge in [-0.1, -0.05) is 18.2 Å². The maximum atomic E-state index is 12.4. The van der Waals surface area contributed by atoms with Gasteiger partial charge in [-0.3, -0.25) is 9.69 Å². The van der Waals surface area contributed by atoms with Crippen molar-refractivity contribution < 1.29 is 23.8 Å². The SMILES string of the molecule is N#CCN(C(=O)COC(=O)c1ccc2c(c1)OCCO2)c1ccccc1. The predicted molar refractivity (Wildman–Crippen MR) is 92.1 cm³/mol. The lowest BCUT2D eigenvalue weighted by Gasteiger charge is -2.20. The van der Waals surface area contributed by atoms with Crippen molar-refractivity contribution in [1.82, 2.24) is 0 Å². The molecular weight excluding hydrogens is 336 g/mol. The number of carbonyl (C=O) groups excluding carboxylic acids is 2. The summed E-state index contributed by atoms with van der Waals surface area (Å²) < 4.78 is 15.9. The molecule has 26 heavy (non-hydrogen) atoms. The van der Waals surface area contributed by atoms with Crippen LogP contribution in [0.5, 0.6) is 11.5 Å². The summed E-state index contributed by atoms with van der Waals surface area (Å²) in [4.78, 5) is 25.8. The van der Waals surface area contributed by atoms with E-state index in [-0.39, 0.29) is 12.1 Å². The highest BCUT2D eigenvalue weighted by Gasteiger charge is 2.19. The summed E-state index contributed by atoms with van der Waals surface area (Å²) >= 11 is 0. The normalized spacial score (nSPS) is 12.0. The summed E-state index contributed by atoms with van der Waals surface area (Å²) in [6.45, 7) is 0.262. The van der Waals surface area contributed by atoms with Crippen molar-refractivity contribution in [2.24, 2.45) is 0 Å². The number of amides is 1. The fourth-order valence-electron chi connectivity index (χ4n) is 2.46. The summed E-state index contributed by atoms with van der Waals surface area (Å²) in [6, 6.07) is 15.4. The second kappa shape index (κ2) is 8.03. The van der Waals surface area contributed by atoms with Gasteiger partial charge in [-0.05, 0) is 30.3 Å². The zero-order valence-corrected chi connectivity index (χ0v) is 13.9. The lowest BCUT2D eigenvalue weighted by molar-refractivity contribution is -0.121. The van der Waals surface area contributed by atoms with Crippen LogP contribution < -0.4 is 14.4 Å². The van der Waals surface area contributed by atoms with E-state index in [4.69, 9.17) is 19.5 Å². The number of hydrogen-bond donors (Lipinski definition) is 0. The van der Waals surface area contributed by atoms with Gasteiger partial charge in [-0.15, -0.1) is 0 Å². The molecule has 0 atom stereocenters. The van der Waals surface area contributed by atoms with Crippen molar-refractivity contribution in [3.05, 3.63) is 54.1 Å². The maximum Gasteiger partial charge on any atom is 0.338 e. The molecule has 1 heterocycles. The monoisotopic (exact) mass is 352 g/mol. The zero-order chi connectivity index (χ0) is 18.4. The number of nitriles is 1. The fraction of sp³-hybridized carbons (Fsp3) is 0.211. The maximum absolute atomic E-state index is 12.4. The molecule has 0 unspecified atom stereocenters. The van der Waals surface area contributed by atoms with Crippen LogP contribution in [-0.2, 0) is 9.53 Å². The number of nitrogens with zero attached hydrogens (tertiary/aromatic N) is 2. The van der Waals surface area contributed by atoms with E-state index >= 15 is 0 Å². The van der Waals surface area contributed by atoms with Crippen LogP contribution in [0.25, 0.3) is 0 Å². The highest BCUT2D eigenvalue weighted by Crippen LogP contribution is 2.30. The molecule has 3 rings (SSSR count). The lowest BCUT2D eigenvalue weighted by Crippen LogP contribution is -2.35. The molecule has 0 saturated carbocycles. The van der Waals surface area contributed by atoms with Crippen molar-refractivity contribution in [2.75, 3.05) is 31.3 Å². The third kappa shape index (κ3) is 3.92. The Morgan fingerprint density at radius 3 is 2.54 bits per heavy atom. The van der Waals surface area contributed by atoms with Gasteiger partial charge >= 0.3 is 5.97 Å². The second-order valence-electron chi connectivity index (χ2n) is 5.41. The van der Waals surface area contributed by atoms with E-state index in [1.165, 1.54) is 11.0 Å². The fourth-order valence-corrected chi connectivity index (χ4v) is 2.46. The molecule has 1 amide bonds. The molecule has 1 aliphatic heterocycles. The topological polar surface area (TPSA) is 88.9 Å². The van der Waals surface area contributed by atoms with Crippen LogP contribution in [-0.4, -0.2) is 38.2 Å². The first-order valence-electron chi connectivity index (χ1n) is 7.98. The van der Waals surface area contributed by atoms with Gasteiger partial charge in [0.05, 0.1) is 11.6 Å². The average Bonchev–Trinajstić information content (AvgIpc) is 2.70. The molecule has 0 radical (unpaired) electrons. The molecule has 2 aromatic carbocycles. The molecule has 0 spiro atoms. The molecule has 0 aromatic heterocycles. The standard InChI is InChI=1S/C19H16N2O5/c20-8-9-21(15-4-2-1-3-5-15)18(22)13-26-19(23)14-6-7-16-17(12-14)25-11-10-24-16/h1-7,12H,9-11,13H2. The van der Waals surface area contributed by atoms with Gasteiger partial charge < -0.3 is 14.2 Å². The van der Waals surface area contributed by atoms with Gasteiger partial charge in [0.15, 0.2) is 18.1 Å². The van der Waals surface area contributed by atoms with E-state index in [0.717, 1.165) is 0 Å². The molecule has 0 saturated heterocycles. The first kappa shape index (κ1) is 17.3. The number of carbonyl (C=O) groups is 2. The number of rotatable bonds is 5. The molecule has 7 heteroatoms. The van der Waals surface area contributed by atoms with Crippen LogP contribution in [0.3, 0.4) is 0 Å². The number of para-hydroxylation sites is 1. The third-order valence-corrected chi connectivity index (χ3v) is 3.70. The number of ether oxygens (including phenoxy) is 3. The van der Waals surface area contributed by atoms with Crippen molar-refractivity contribution in [3.63, 3.8) is 0 Å². The summed E-state index contributed by atoms with van der Waals surface area (Å²) in [5.74, 6) is -0.107. The van der Waals surface area contributed by atoms with Crippen molar-refractivity contribution >= 4 is 17.6 Å². The largest absolute Gasteiger partial charge is 0.486 e. The highest BCUT2D eigenvalue weighted by atomic mass is 16.6. The molecular formula is C19H16N2O5. The molecule has 132 valence electrons. The zero-order valence-electron chi connectivity index (χ0n) is 13.9. The van der Waals surface area contributed by atoms with Gasteiger partial charge in [0.1, 0.15) is 19.8 Å². The first-order valence-corrected chi connectivity index (χ1v) is 7.98. The van der Waals surface area contributed by atoms with Crippen LogP contribution in [0, 0.1) is 11.3 Å². The Bertz CT molecular complexity index is 845. The van der Waals surface area contributed by atoms with Crippen LogP contribution in [0.2, 0.25) is 0 Å². The molecule has 2 aromatic rings. The molecule has 0 N–H and O–H groups in total. The quantitative estimate of drug-likeness (QED) is 0.605. The molecule has 0 bridgehead atoms. The number of esters is 1. The first-order chi connectivity index (χ1) is 12.7.